The Morgan fingerprint density at radius 2 is 1.44 bits per heavy atom. The zero-order valence-electron chi connectivity index (χ0n) is 14.7. The van der Waals surface area contributed by atoms with Gasteiger partial charge in [0, 0.05) is 29.6 Å². The molecule has 1 aromatic heterocycles. The van der Waals surface area contributed by atoms with E-state index in [1.807, 2.05) is 54.7 Å². The second-order valence-electron chi connectivity index (χ2n) is 6.42. The predicted molar refractivity (Wildman–Crippen MR) is 108 cm³/mol. The van der Waals surface area contributed by atoms with E-state index < -0.39 is 10.0 Å². The van der Waals surface area contributed by atoms with Crippen molar-refractivity contribution in [2.75, 3.05) is 6.54 Å². The Balaban J connectivity index is 1.70. The molecule has 0 bridgehead atoms. The van der Waals surface area contributed by atoms with Gasteiger partial charge >= 0.3 is 0 Å². The van der Waals surface area contributed by atoms with Crippen LogP contribution in [0.3, 0.4) is 0 Å². The minimum atomic E-state index is -3.57. The normalized spacial score (nSPS) is 12.9. The van der Waals surface area contributed by atoms with Crippen molar-refractivity contribution in [3.8, 4) is 0 Å². The van der Waals surface area contributed by atoms with Gasteiger partial charge in [0.15, 0.2) is 0 Å². The first kappa shape index (κ1) is 17.5. The third-order valence-electron chi connectivity index (χ3n) is 4.73. The first-order valence-corrected chi connectivity index (χ1v) is 10.3. The summed E-state index contributed by atoms with van der Waals surface area (Å²) in [5.74, 6) is -0.0964. The van der Waals surface area contributed by atoms with Crippen molar-refractivity contribution in [3.05, 3.63) is 102 Å². The maximum Gasteiger partial charge on any atom is 0.240 e. The number of fused-ring (bicyclic) bond motifs is 1. The zero-order chi connectivity index (χ0) is 18.7. The summed E-state index contributed by atoms with van der Waals surface area (Å²) in [6, 6.07) is 26.5. The van der Waals surface area contributed by atoms with E-state index in [0.717, 1.165) is 22.0 Å². The van der Waals surface area contributed by atoms with Gasteiger partial charge in [0.1, 0.15) is 0 Å². The lowest BCUT2D eigenvalue weighted by Gasteiger charge is -2.18. The summed E-state index contributed by atoms with van der Waals surface area (Å²) in [6.07, 6.45) is 1.97. The third kappa shape index (κ3) is 3.65. The summed E-state index contributed by atoms with van der Waals surface area (Å²) >= 11 is 0. The van der Waals surface area contributed by atoms with Crippen LogP contribution >= 0.6 is 0 Å². The molecule has 1 heterocycles. The summed E-state index contributed by atoms with van der Waals surface area (Å²) < 4.78 is 28.1. The standard InChI is InChI=1S/C22H20N2O2S/c25-27(26,18-11-5-2-6-12-18)24-16-20(17-9-3-1-4-10-17)21-15-23-22-14-8-7-13-19(21)22/h1-15,20,23-24H,16H2/t20-/m0/s1. The molecule has 0 radical (unpaired) electrons. The summed E-state index contributed by atoms with van der Waals surface area (Å²) in [5.41, 5.74) is 3.19. The van der Waals surface area contributed by atoms with Gasteiger partial charge in [-0.3, -0.25) is 0 Å². The van der Waals surface area contributed by atoms with Crippen molar-refractivity contribution >= 4 is 20.9 Å². The van der Waals surface area contributed by atoms with Gasteiger partial charge in [-0.1, -0.05) is 66.7 Å². The Kier molecular flexibility index (Phi) is 4.79. The second-order valence-corrected chi connectivity index (χ2v) is 8.18. The minimum absolute atomic E-state index is 0.0964. The van der Waals surface area contributed by atoms with Gasteiger partial charge in [-0.15, -0.1) is 0 Å². The number of hydrogen-bond donors (Lipinski definition) is 2. The Morgan fingerprint density at radius 3 is 2.19 bits per heavy atom. The second kappa shape index (κ2) is 7.39. The third-order valence-corrected chi connectivity index (χ3v) is 6.17. The number of aromatic nitrogens is 1. The molecule has 27 heavy (non-hydrogen) atoms. The predicted octanol–water partition coefficient (Wildman–Crippen LogP) is 4.28. The van der Waals surface area contributed by atoms with E-state index in [-0.39, 0.29) is 17.4 Å². The molecule has 0 unspecified atom stereocenters. The smallest absolute Gasteiger partial charge is 0.240 e. The highest BCUT2D eigenvalue weighted by molar-refractivity contribution is 7.89. The monoisotopic (exact) mass is 376 g/mol. The zero-order valence-corrected chi connectivity index (χ0v) is 15.5. The summed E-state index contributed by atoms with van der Waals surface area (Å²) in [6.45, 7) is 0.281. The van der Waals surface area contributed by atoms with E-state index in [1.165, 1.54) is 0 Å². The highest BCUT2D eigenvalue weighted by Crippen LogP contribution is 2.30. The molecule has 0 saturated carbocycles. The number of nitrogens with one attached hydrogen (secondary N) is 2. The maximum absolute atomic E-state index is 12.7. The largest absolute Gasteiger partial charge is 0.361 e. The van der Waals surface area contributed by atoms with Crippen LogP contribution in [0.25, 0.3) is 10.9 Å². The molecule has 1 atom stereocenters. The molecule has 136 valence electrons. The van der Waals surface area contributed by atoms with Gasteiger partial charge in [-0.2, -0.15) is 0 Å². The van der Waals surface area contributed by atoms with Crippen LogP contribution < -0.4 is 4.72 Å². The van der Waals surface area contributed by atoms with Crippen LogP contribution in [0.1, 0.15) is 17.0 Å². The lowest BCUT2D eigenvalue weighted by Crippen LogP contribution is -2.29. The lowest BCUT2D eigenvalue weighted by molar-refractivity contribution is 0.577. The number of aromatic amines is 1. The number of para-hydroxylation sites is 1. The quantitative estimate of drug-likeness (QED) is 0.528. The van der Waals surface area contributed by atoms with Crippen LogP contribution in [0.15, 0.2) is 96.0 Å². The molecule has 0 aliphatic carbocycles. The Bertz CT molecular complexity index is 1140. The molecule has 0 spiro atoms. The summed E-state index contributed by atoms with van der Waals surface area (Å²) in [7, 11) is -3.57. The van der Waals surface area contributed by atoms with Crippen LogP contribution in [-0.4, -0.2) is 19.9 Å². The van der Waals surface area contributed by atoms with Crippen molar-refractivity contribution in [1.82, 2.24) is 9.71 Å². The number of benzene rings is 3. The number of hydrogen-bond acceptors (Lipinski definition) is 2. The molecular weight excluding hydrogens is 356 g/mol. The van der Waals surface area contributed by atoms with Gasteiger partial charge in [-0.25, -0.2) is 13.1 Å². The van der Waals surface area contributed by atoms with Gasteiger partial charge in [0.2, 0.25) is 10.0 Å². The van der Waals surface area contributed by atoms with Crippen molar-refractivity contribution < 1.29 is 8.42 Å². The Morgan fingerprint density at radius 1 is 0.815 bits per heavy atom. The van der Waals surface area contributed by atoms with E-state index in [1.54, 1.807) is 30.3 Å². The molecule has 0 fully saturated rings. The molecule has 0 amide bonds. The van der Waals surface area contributed by atoms with E-state index >= 15 is 0 Å². The van der Waals surface area contributed by atoms with Gasteiger partial charge in [-0.05, 0) is 29.3 Å². The molecule has 5 heteroatoms. The fourth-order valence-electron chi connectivity index (χ4n) is 3.35. The van der Waals surface area contributed by atoms with E-state index in [4.69, 9.17) is 0 Å². The SMILES string of the molecule is O=S(=O)(NC[C@@H](c1ccccc1)c1c[nH]c2ccccc12)c1ccccc1. The summed E-state index contributed by atoms with van der Waals surface area (Å²) in [4.78, 5) is 3.56. The van der Waals surface area contributed by atoms with E-state index in [2.05, 4.69) is 15.8 Å². The molecular formula is C22H20N2O2S. The molecule has 0 aliphatic heterocycles. The number of rotatable bonds is 6. The number of sulfonamides is 1. The van der Waals surface area contributed by atoms with E-state index in [0.29, 0.717) is 0 Å². The van der Waals surface area contributed by atoms with Crippen LogP contribution in [0.2, 0.25) is 0 Å². The first-order valence-electron chi connectivity index (χ1n) is 8.81. The topological polar surface area (TPSA) is 62.0 Å². The Hall–Kier alpha value is -2.89. The maximum atomic E-state index is 12.7. The molecule has 4 nitrogen and oxygen atoms in total. The average molecular weight is 376 g/mol. The molecule has 4 rings (SSSR count). The number of H-pyrrole nitrogens is 1. The van der Waals surface area contributed by atoms with Crippen LogP contribution in [0.5, 0.6) is 0 Å². The van der Waals surface area contributed by atoms with Gasteiger partial charge < -0.3 is 4.98 Å². The summed E-state index contributed by atoms with van der Waals surface area (Å²) in [5, 5.41) is 1.10. The highest BCUT2D eigenvalue weighted by atomic mass is 32.2. The van der Waals surface area contributed by atoms with Crippen LogP contribution in [-0.2, 0) is 10.0 Å². The van der Waals surface area contributed by atoms with Crippen molar-refractivity contribution in [1.29, 1.82) is 0 Å². The average Bonchev–Trinajstić information content (AvgIpc) is 3.14. The van der Waals surface area contributed by atoms with Crippen molar-refractivity contribution in [2.45, 2.75) is 10.8 Å². The molecule has 0 aliphatic rings. The highest BCUT2D eigenvalue weighted by Gasteiger charge is 2.21. The molecule has 3 aromatic carbocycles. The minimum Gasteiger partial charge on any atom is -0.361 e. The van der Waals surface area contributed by atoms with Crippen LogP contribution in [0, 0.1) is 0 Å². The lowest BCUT2D eigenvalue weighted by atomic mass is 9.91. The Labute approximate surface area is 158 Å². The van der Waals surface area contributed by atoms with Crippen molar-refractivity contribution in [2.24, 2.45) is 0 Å². The van der Waals surface area contributed by atoms with E-state index in [9.17, 15) is 8.42 Å². The van der Waals surface area contributed by atoms with Gasteiger partial charge in [0.25, 0.3) is 0 Å². The van der Waals surface area contributed by atoms with Gasteiger partial charge in [0.05, 0.1) is 4.90 Å². The molecule has 0 saturated heterocycles. The van der Waals surface area contributed by atoms with Crippen LogP contribution in [0.4, 0.5) is 0 Å². The molecule has 2 N–H and O–H groups in total. The molecule has 4 aromatic rings. The fraction of sp³-hybridized carbons (Fsp3) is 0.0909. The van der Waals surface area contributed by atoms with Crippen molar-refractivity contribution in [3.63, 3.8) is 0 Å². The fourth-order valence-corrected chi connectivity index (χ4v) is 4.42. The first-order chi connectivity index (χ1) is 13.1.